The van der Waals surface area contributed by atoms with Gasteiger partial charge in [0.25, 0.3) is 10.1 Å². The first kappa shape index (κ1) is 10.9. The average Bonchev–Trinajstić information content (AvgIpc) is 2.30. The second-order valence-corrected chi connectivity index (χ2v) is 5.03. The fourth-order valence-corrected chi connectivity index (χ4v) is 2.54. The molecule has 0 saturated heterocycles. The molecule has 0 fully saturated rings. The third kappa shape index (κ3) is 1.64. The van der Waals surface area contributed by atoms with Gasteiger partial charge in [0.2, 0.25) is 4.87 Å². The number of hydrogen-bond donors (Lipinski definition) is 2. The van der Waals surface area contributed by atoms with E-state index in [-0.39, 0.29) is 0 Å². The number of nitrogens with one attached hydrogen (secondary N) is 1. The van der Waals surface area contributed by atoms with Gasteiger partial charge in [-0.1, -0.05) is 36.4 Å². The fourth-order valence-electron chi connectivity index (χ4n) is 1.64. The van der Waals surface area contributed by atoms with Crippen LogP contribution >= 0.6 is 0 Å². The second kappa shape index (κ2) is 3.77. The molecule has 1 aliphatic heterocycles. The molecule has 1 unspecified atom stereocenters. The molecule has 1 aliphatic rings. The maximum atomic E-state index is 11.5. The van der Waals surface area contributed by atoms with Crippen molar-refractivity contribution in [2.24, 2.45) is 0 Å². The number of rotatable bonds is 2. The highest BCUT2D eigenvalue weighted by Crippen LogP contribution is 2.30. The van der Waals surface area contributed by atoms with E-state index in [4.69, 9.17) is 0 Å². The van der Waals surface area contributed by atoms with Crippen LogP contribution in [0.4, 0.5) is 0 Å². The van der Waals surface area contributed by atoms with Gasteiger partial charge in [-0.25, -0.2) is 0 Å². The normalized spacial score (nSPS) is 24.1. The van der Waals surface area contributed by atoms with Crippen molar-refractivity contribution in [3.8, 4) is 0 Å². The van der Waals surface area contributed by atoms with E-state index in [1.165, 1.54) is 12.3 Å². The molecule has 16 heavy (non-hydrogen) atoms. The Morgan fingerprint density at radius 3 is 2.31 bits per heavy atom. The molecule has 0 bridgehead atoms. The predicted molar refractivity (Wildman–Crippen MR) is 61.1 cm³/mol. The maximum absolute atomic E-state index is 11.5. The molecule has 4 nitrogen and oxygen atoms in total. The summed E-state index contributed by atoms with van der Waals surface area (Å²) in [6.45, 7) is 0. The van der Waals surface area contributed by atoms with Crippen molar-refractivity contribution in [1.29, 1.82) is 0 Å². The topological polar surface area (TPSA) is 66.4 Å². The molecule has 2 N–H and O–H groups in total. The summed E-state index contributed by atoms with van der Waals surface area (Å²) in [7, 11) is -4.29. The van der Waals surface area contributed by atoms with E-state index >= 15 is 0 Å². The molecule has 0 amide bonds. The first-order chi connectivity index (χ1) is 7.56. The van der Waals surface area contributed by atoms with Gasteiger partial charge in [0.15, 0.2) is 0 Å². The van der Waals surface area contributed by atoms with Gasteiger partial charge in [0, 0.05) is 0 Å². The van der Waals surface area contributed by atoms with Crippen LogP contribution in [-0.2, 0) is 15.0 Å². The zero-order valence-corrected chi connectivity index (χ0v) is 9.18. The number of benzene rings is 1. The smallest absolute Gasteiger partial charge is 0.297 e. The number of hydrogen-bond acceptors (Lipinski definition) is 3. The fraction of sp³-hybridized carbons (Fsp3) is 0.0909. The molecule has 0 aromatic heterocycles. The Hall–Kier alpha value is -1.59. The van der Waals surface area contributed by atoms with Crippen molar-refractivity contribution in [1.82, 2.24) is 5.32 Å². The quantitative estimate of drug-likeness (QED) is 0.763. The van der Waals surface area contributed by atoms with Crippen LogP contribution in [0.15, 0.2) is 54.8 Å². The van der Waals surface area contributed by atoms with Crippen molar-refractivity contribution >= 4 is 10.1 Å². The highest BCUT2D eigenvalue weighted by molar-refractivity contribution is 7.87. The minimum absolute atomic E-state index is 0.470. The van der Waals surface area contributed by atoms with E-state index < -0.39 is 15.0 Å². The Labute approximate surface area is 94.0 Å². The Morgan fingerprint density at radius 2 is 1.81 bits per heavy atom. The predicted octanol–water partition coefficient (Wildman–Crippen LogP) is 1.40. The van der Waals surface area contributed by atoms with E-state index in [9.17, 15) is 13.0 Å². The summed E-state index contributed by atoms with van der Waals surface area (Å²) in [6.07, 6.45) is 6.14. The van der Waals surface area contributed by atoms with Crippen molar-refractivity contribution < 1.29 is 13.0 Å². The van der Waals surface area contributed by atoms with Crippen LogP contribution in [0, 0.1) is 0 Å². The van der Waals surface area contributed by atoms with Gasteiger partial charge in [0.1, 0.15) is 0 Å². The van der Waals surface area contributed by atoms with Gasteiger partial charge in [-0.15, -0.1) is 0 Å². The van der Waals surface area contributed by atoms with Crippen LogP contribution in [0.5, 0.6) is 0 Å². The lowest BCUT2D eigenvalue weighted by atomic mass is 10.0. The van der Waals surface area contributed by atoms with E-state index in [1.54, 1.807) is 42.5 Å². The zero-order chi connectivity index (χ0) is 11.6. The van der Waals surface area contributed by atoms with Crippen LogP contribution in [0.1, 0.15) is 5.56 Å². The summed E-state index contributed by atoms with van der Waals surface area (Å²) in [5.74, 6) is 0. The highest BCUT2D eigenvalue weighted by atomic mass is 32.2. The standard InChI is InChI=1S/C11H11NO3S/c13-16(14,15)11(8-4-5-9-12-11)10-6-2-1-3-7-10/h1-9,12H,(H,13,14,15). The third-order valence-corrected chi connectivity index (χ3v) is 3.75. The van der Waals surface area contributed by atoms with Gasteiger partial charge in [-0.2, -0.15) is 8.42 Å². The summed E-state index contributed by atoms with van der Waals surface area (Å²) in [5.41, 5.74) is 0.470. The summed E-state index contributed by atoms with van der Waals surface area (Å²) in [5, 5.41) is 2.68. The van der Waals surface area contributed by atoms with Crippen molar-refractivity contribution in [3.63, 3.8) is 0 Å². The lowest BCUT2D eigenvalue weighted by Crippen LogP contribution is -2.45. The average molecular weight is 237 g/mol. The van der Waals surface area contributed by atoms with Gasteiger partial charge in [-0.3, -0.25) is 4.55 Å². The van der Waals surface area contributed by atoms with E-state index in [0.717, 1.165) is 0 Å². The minimum Gasteiger partial charge on any atom is -0.364 e. The second-order valence-electron chi connectivity index (χ2n) is 3.44. The molecule has 5 heteroatoms. The molecule has 0 radical (unpaired) electrons. The van der Waals surface area contributed by atoms with Crippen molar-refractivity contribution in [2.45, 2.75) is 4.87 Å². The Kier molecular flexibility index (Phi) is 2.57. The number of allylic oxidation sites excluding steroid dienone is 2. The molecule has 84 valence electrons. The SMILES string of the molecule is O=S(=O)(O)C1(c2ccccc2)C=CC=CN1. The zero-order valence-electron chi connectivity index (χ0n) is 8.37. The van der Waals surface area contributed by atoms with E-state index in [2.05, 4.69) is 5.32 Å². The summed E-state index contributed by atoms with van der Waals surface area (Å²) in [6, 6.07) is 8.50. The Balaban J connectivity index is 2.62. The van der Waals surface area contributed by atoms with Gasteiger partial charge < -0.3 is 5.32 Å². The summed E-state index contributed by atoms with van der Waals surface area (Å²) < 4.78 is 32.4. The molecular weight excluding hydrogens is 226 g/mol. The van der Waals surface area contributed by atoms with Crippen LogP contribution in [-0.4, -0.2) is 13.0 Å². The van der Waals surface area contributed by atoms with Crippen LogP contribution in [0.25, 0.3) is 0 Å². The third-order valence-electron chi connectivity index (χ3n) is 2.45. The van der Waals surface area contributed by atoms with Crippen molar-refractivity contribution in [3.05, 3.63) is 60.3 Å². The van der Waals surface area contributed by atoms with Crippen LogP contribution < -0.4 is 5.32 Å². The molecule has 1 aromatic carbocycles. The summed E-state index contributed by atoms with van der Waals surface area (Å²) >= 11 is 0. The van der Waals surface area contributed by atoms with Gasteiger partial charge in [-0.05, 0) is 23.9 Å². The van der Waals surface area contributed by atoms with Crippen LogP contribution in [0.3, 0.4) is 0 Å². The molecule has 0 saturated carbocycles. The molecular formula is C11H11NO3S. The first-order valence-corrected chi connectivity index (χ1v) is 6.15. The molecule has 2 rings (SSSR count). The van der Waals surface area contributed by atoms with Gasteiger partial charge in [0.05, 0.1) is 0 Å². The Bertz CT molecular complexity index is 534. The highest BCUT2D eigenvalue weighted by Gasteiger charge is 2.42. The lowest BCUT2D eigenvalue weighted by molar-refractivity contribution is 0.435. The maximum Gasteiger partial charge on any atom is 0.297 e. The first-order valence-electron chi connectivity index (χ1n) is 4.71. The monoisotopic (exact) mass is 237 g/mol. The van der Waals surface area contributed by atoms with E-state index in [1.807, 2.05) is 0 Å². The molecule has 1 atom stereocenters. The van der Waals surface area contributed by atoms with Crippen LogP contribution in [0.2, 0.25) is 0 Å². The number of dihydropyridines is 1. The lowest BCUT2D eigenvalue weighted by Gasteiger charge is -2.29. The van der Waals surface area contributed by atoms with E-state index in [0.29, 0.717) is 5.56 Å². The van der Waals surface area contributed by atoms with Gasteiger partial charge >= 0.3 is 0 Å². The molecule has 1 heterocycles. The molecule has 0 spiro atoms. The van der Waals surface area contributed by atoms with Crippen molar-refractivity contribution in [2.75, 3.05) is 0 Å². The largest absolute Gasteiger partial charge is 0.364 e. The minimum atomic E-state index is -4.29. The summed E-state index contributed by atoms with van der Waals surface area (Å²) in [4.78, 5) is -1.58. The molecule has 0 aliphatic carbocycles. The Morgan fingerprint density at radius 1 is 1.12 bits per heavy atom. The molecule has 1 aromatic rings.